The van der Waals surface area contributed by atoms with Crippen LogP contribution in [0.3, 0.4) is 0 Å². The molecule has 1 aromatic carbocycles. The molecule has 1 aliphatic heterocycles. The first kappa shape index (κ1) is 24.7. The topological polar surface area (TPSA) is 53.8 Å². The van der Waals surface area contributed by atoms with Gasteiger partial charge in [0.2, 0.25) is 0 Å². The van der Waals surface area contributed by atoms with Crippen molar-refractivity contribution in [2.24, 2.45) is 5.41 Å². The van der Waals surface area contributed by atoms with Gasteiger partial charge in [0, 0.05) is 25.6 Å². The number of carbonyl (C=O) groups is 2. The Morgan fingerprint density at radius 3 is 2.38 bits per heavy atom. The third kappa shape index (κ3) is 5.46. The van der Waals surface area contributed by atoms with Crippen LogP contribution in [0.4, 0.5) is 5.69 Å². The van der Waals surface area contributed by atoms with Crippen molar-refractivity contribution in [3.05, 3.63) is 53.0 Å². The summed E-state index contributed by atoms with van der Waals surface area (Å²) in [4.78, 5) is 29.5. The molecule has 0 atom stereocenters. The van der Waals surface area contributed by atoms with Gasteiger partial charge in [0.05, 0.1) is 12.0 Å². The number of anilines is 1. The Bertz CT molecular complexity index is 944. The smallest absolute Gasteiger partial charge is 0.294 e. The molecule has 2 aliphatic rings. The van der Waals surface area contributed by atoms with Gasteiger partial charge in [-0.3, -0.25) is 4.79 Å². The third-order valence-electron chi connectivity index (χ3n) is 8.14. The molecule has 4 rings (SSSR count). The number of benzene rings is 1. The average molecular weight is 465 g/mol. The van der Waals surface area contributed by atoms with Crippen molar-refractivity contribution < 1.29 is 14.0 Å². The second kappa shape index (κ2) is 10.9. The number of nitrogens with zero attached hydrogens (tertiary/aromatic N) is 2. The van der Waals surface area contributed by atoms with Gasteiger partial charge in [0.1, 0.15) is 6.29 Å². The maximum atomic E-state index is 13.6. The van der Waals surface area contributed by atoms with Crippen molar-refractivity contribution >= 4 is 17.9 Å². The molecule has 0 unspecified atom stereocenters. The summed E-state index contributed by atoms with van der Waals surface area (Å²) >= 11 is 0. The van der Waals surface area contributed by atoms with Crippen molar-refractivity contribution in [1.29, 1.82) is 0 Å². The molecule has 0 spiro atoms. The molecule has 1 aliphatic carbocycles. The highest BCUT2D eigenvalue weighted by Gasteiger charge is 2.35. The summed E-state index contributed by atoms with van der Waals surface area (Å²) in [6.07, 6.45) is 12.6. The molecule has 1 aromatic heterocycles. The molecule has 5 heteroatoms. The van der Waals surface area contributed by atoms with Crippen LogP contribution in [0.1, 0.15) is 85.0 Å². The lowest BCUT2D eigenvalue weighted by molar-refractivity contribution is -0.110. The van der Waals surface area contributed by atoms with E-state index in [0.717, 1.165) is 62.0 Å². The zero-order chi connectivity index (χ0) is 24.1. The minimum Gasteiger partial charge on any atom is -0.459 e. The van der Waals surface area contributed by atoms with Crippen LogP contribution >= 0.6 is 0 Å². The summed E-state index contributed by atoms with van der Waals surface area (Å²) in [7, 11) is 0. The number of amides is 1. The molecule has 2 aromatic rings. The summed E-state index contributed by atoms with van der Waals surface area (Å²) in [5.41, 5.74) is 4.72. The molecule has 1 amide bonds. The van der Waals surface area contributed by atoms with Crippen LogP contribution in [0.25, 0.3) is 0 Å². The van der Waals surface area contributed by atoms with Crippen molar-refractivity contribution in [3.8, 4) is 0 Å². The van der Waals surface area contributed by atoms with Crippen molar-refractivity contribution in [2.75, 3.05) is 24.5 Å². The first-order valence-corrected chi connectivity index (χ1v) is 13.0. The number of rotatable bonds is 8. The van der Waals surface area contributed by atoms with Gasteiger partial charge in [-0.1, -0.05) is 37.0 Å². The second-order valence-electron chi connectivity index (χ2n) is 10.7. The van der Waals surface area contributed by atoms with Crippen LogP contribution in [0, 0.1) is 26.2 Å². The van der Waals surface area contributed by atoms with E-state index in [4.69, 9.17) is 4.42 Å². The van der Waals surface area contributed by atoms with E-state index in [0.29, 0.717) is 12.2 Å². The first-order chi connectivity index (χ1) is 16.4. The van der Waals surface area contributed by atoms with Crippen LogP contribution in [0.5, 0.6) is 0 Å². The van der Waals surface area contributed by atoms with E-state index in [2.05, 4.69) is 37.8 Å². The van der Waals surface area contributed by atoms with Crippen LogP contribution < -0.4 is 4.90 Å². The molecule has 5 nitrogen and oxygen atoms in total. The van der Waals surface area contributed by atoms with Gasteiger partial charge < -0.3 is 19.0 Å². The maximum absolute atomic E-state index is 13.6. The summed E-state index contributed by atoms with van der Waals surface area (Å²) < 4.78 is 5.52. The van der Waals surface area contributed by atoms with Gasteiger partial charge >= 0.3 is 0 Å². The van der Waals surface area contributed by atoms with Gasteiger partial charge in [0.25, 0.3) is 5.91 Å². The quantitative estimate of drug-likeness (QED) is 0.434. The molecule has 34 heavy (non-hydrogen) atoms. The molecular formula is C29H40N2O3. The Balaban J connectivity index is 1.47. The molecule has 0 radical (unpaired) electrons. The fourth-order valence-corrected chi connectivity index (χ4v) is 6.35. The molecule has 0 bridgehead atoms. The number of aryl methyl sites for hydroxylation is 3. The second-order valence-corrected chi connectivity index (χ2v) is 10.7. The zero-order valence-electron chi connectivity index (χ0n) is 21.1. The number of furan rings is 1. The Hall–Kier alpha value is -2.40. The molecule has 184 valence electrons. The Labute approximate surface area is 204 Å². The number of piperidine rings is 1. The maximum Gasteiger partial charge on any atom is 0.294 e. The fraction of sp³-hybridized carbons (Fsp3) is 0.586. The molecule has 0 N–H and O–H groups in total. The highest BCUT2D eigenvalue weighted by atomic mass is 16.3. The summed E-state index contributed by atoms with van der Waals surface area (Å²) in [6.45, 7) is 9.31. The standard InChI is InChI=1S/C29H40N2O3/c1-22-20-23(2)27(24(3)21-22)31(28(33)26-8-7-19-34-26)25-9-15-30(16-10-25)17-13-29(14-18-32)11-5-4-6-12-29/h7-8,18-21,25H,4-6,9-17H2,1-3H3. The molecule has 1 saturated carbocycles. The van der Waals surface area contributed by atoms with Crippen LogP contribution in [-0.2, 0) is 4.79 Å². The van der Waals surface area contributed by atoms with Crippen LogP contribution in [-0.4, -0.2) is 42.8 Å². The van der Waals surface area contributed by atoms with Crippen molar-refractivity contribution in [3.63, 3.8) is 0 Å². The van der Waals surface area contributed by atoms with Gasteiger partial charge in [-0.25, -0.2) is 0 Å². The van der Waals surface area contributed by atoms with E-state index in [9.17, 15) is 9.59 Å². The Morgan fingerprint density at radius 2 is 1.79 bits per heavy atom. The number of likely N-dealkylation sites (tertiary alicyclic amines) is 1. The van der Waals surface area contributed by atoms with Gasteiger partial charge in [-0.15, -0.1) is 0 Å². The van der Waals surface area contributed by atoms with E-state index < -0.39 is 0 Å². The Morgan fingerprint density at radius 1 is 1.12 bits per heavy atom. The fourth-order valence-electron chi connectivity index (χ4n) is 6.35. The molecule has 1 saturated heterocycles. The number of carbonyl (C=O) groups excluding carboxylic acids is 2. The third-order valence-corrected chi connectivity index (χ3v) is 8.14. The van der Waals surface area contributed by atoms with E-state index in [1.54, 1.807) is 18.4 Å². The van der Waals surface area contributed by atoms with E-state index in [1.807, 2.05) is 4.90 Å². The number of hydrogen-bond donors (Lipinski definition) is 0. The SMILES string of the molecule is Cc1cc(C)c(N(C(=O)c2ccco2)C2CCN(CCC3(CC=O)CCCCC3)CC2)c(C)c1. The lowest BCUT2D eigenvalue weighted by Gasteiger charge is -2.41. The normalized spacial score (nSPS) is 19.1. The number of aldehydes is 1. The zero-order valence-corrected chi connectivity index (χ0v) is 21.1. The van der Waals surface area contributed by atoms with Crippen LogP contribution in [0.2, 0.25) is 0 Å². The van der Waals surface area contributed by atoms with Gasteiger partial charge in [-0.2, -0.15) is 0 Å². The Kier molecular flexibility index (Phi) is 7.92. The van der Waals surface area contributed by atoms with E-state index >= 15 is 0 Å². The lowest BCUT2D eigenvalue weighted by atomic mass is 9.70. The molecular weight excluding hydrogens is 424 g/mol. The van der Waals surface area contributed by atoms with Gasteiger partial charge in [-0.05, 0) is 88.1 Å². The predicted octanol–water partition coefficient (Wildman–Crippen LogP) is 6.25. The lowest BCUT2D eigenvalue weighted by Crippen LogP contribution is -2.48. The number of hydrogen-bond acceptors (Lipinski definition) is 4. The van der Waals surface area contributed by atoms with E-state index in [1.165, 1.54) is 37.7 Å². The highest BCUT2D eigenvalue weighted by molar-refractivity contribution is 6.05. The molecule has 2 fully saturated rings. The first-order valence-electron chi connectivity index (χ1n) is 13.0. The van der Waals surface area contributed by atoms with Crippen molar-refractivity contribution in [1.82, 2.24) is 4.90 Å². The monoisotopic (exact) mass is 464 g/mol. The van der Waals surface area contributed by atoms with Crippen LogP contribution in [0.15, 0.2) is 34.9 Å². The molecule has 2 heterocycles. The summed E-state index contributed by atoms with van der Waals surface area (Å²) in [6, 6.07) is 8.02. The predicted molar refractivity (Wildman–Crippen MR) is 136 cm³/mol. The van der Waals surface area contributed by atoms with Gasteiger partial charge in [0.15, 0.2) is 5.76 Å². The largest absolute Gasteiger partial charge is 0.459 e. The van der Waals surface area contributed by atoms with Crippen molar-refractivity contribution in [2.45, 2.75) is 84.6 Å². The minimum absolute atomic E-state index is 0.0503. The summed E-state index contributed by atoms with van der Waals surface area (Å²) in [5.74, 6) is 0.348. The average Bonchev–Trinajstić information content (AvgIpc) is 3.36. The van der Waals surface area contributed by atoms with E-state index in [-0.39, 0.29) is 17.4 Å². The minimum atomic E-state index is -0.0503. The summed E-state index contributed by atoms with van der Waals surface area (Å²) in [5, 5.41) is 0. The highest BCUT2D eigenvalue weighted by Crippen LogP contribution is 2.42.